The lowest BCUT2D eigenvalue weighted by Crippen LogP contribution is -2.42. The van der Waals surface area contributed by atoms with Crippen molar-refractivity contribution in [2.45, 2.75) is 43.8 Å². The summed E-state index contributed by atoms with van der Waals surface area (Å²) in [7, 11) is 0. The van der Waals surface area contributed by atoms with Gasteiger partial charge in [-0.2, -0.15) is 0 Å². The number of hydrogen-bond donors (Lipinski definition) is 1. The van der Waals surface area contributed by atoms with E-state index in [-0.39, 0.29) is 6.04 Å². The number of piperidine rings is 1. The van der Waals surface area contributed by atoms with E-state index in [9.17, 15) is 4.39 Å². The largest absolute Gasteiger partial charge is 0.311 e. The van der Waals surface area contributed by atoms with E-state index < -0.39 is 5.67 Å². The second kappa shape index (κ2) is 2.19. The standard InChI is InChI=1S/C8H14FN/c9-8(4-5-8)7-3-1-2-6-10-7/h7,10H,1-6H2. The molecule has 1 saturated heterocycles. The summed E-state index contributed by atoms with van der Waals surface area (Å²) in [6, 6.07) is 0.196. The Labute approximate surface area is 61.0 Å². The average molecular weight is 143 g/mol. The monoisotopic (exact) mass is 143 g/mol. The fraction of sp³-hybridized carbons (Fsp3) is 1.00. The molecule has 1 aliphatic heterocycles. The van der Waals surface area contributed by atoms with E-state index in [1.54, 1.807) is 0 Å². The summed E-state index contributed by atoms with van der Waals surface area (Å²) in [4.78, 5) is 0. The lowest BCUT2D eigenvalue weighted by atomic mass is 9.99. The van der Waals surface area contributed by atoms with Gasteiger partial charge in [-0.3, -0.25) is 0 Å². The van der Waals surface area contributed by atoms with Crippen molar-refractivity contribution in [3.05, 3.63) is 0 Å². The Morgan fingerprint density at radius 1 is 1.30 bits per heavy atom. The van der Waals surface area contributed by atoms with Crippen LogP contribution in [0.4, 0.5) is 4.39 Å². The van der Waals surface area contributed by atoms with E-state index in [4.69, 9.17) is 0 Å². The molecule has 1 unspecified atom stereocenters. The van der Waals surface area contributed by atoms with Crippen molar-refractivity contribution < 1.29 is 4.39 Å². The lowest BCUT2D eigenvalue weighted by Gasteiger charge is -2.26. The Morgan fingerprint density at radius 2 is 2.10 bits per heavy atom. The van der Waals surface area contributed by atoms with E-state index in [0.717, 1.165) is 25.8 Å². The molecule has 1 nitrogen and oxygen atoms in total. The number of halogens is 1. The molecule has 1 aliphatic carbocycles. The van der Waals surface area contributed by atoms with Gasteiger partial charge in [0.05, 0.1) is 0 Å². The van der Waals surface area contributed by atoms with Crippen molar-refractivity contribution in [2.75, 3.05) is 6.54 Å². The van der Waals surface area contributed by atoms with Crippen molar-refractivity contribution in [2.24, 2.45) is 0 Å². The van der Waals surface area contributed by atoms with Crippen molar-refractivity contribution in [3.63, 3.8) is 0 Å². The summed E-state index contributed by atoms with van der Waals surface area (Å²) in [6.45, 7) is 1.02. The molecule has 0 aromatic carbocycles. The van der Waals surface area contributed by atoms with Crippen LogP contribution in [0, 0.1) is 0 Å². The maximum atomic E-state index is 13.3. The zero-order valence-electron chi connectivity index (χ0n) is 6.20. The van der Waals surface area contributed by atoms with Gasteiger partial charge in [0.25, 0.3) is 0 Å². The molecular weight excluding hydrogens is 129 g/mol. The molecule has 10 heavy (non-hydrogen) atoms. The first kappa shape index (κ1) is 6.59. The van der Waals surface area contributed by atoms with Crippen molar-refractivity contribution in [1.29, 1.82) is 0 Å². The molecule has 0 aromatic rings. The molecule has 58 valence electrons. The first-order valence-electron chi connectivity index (χ1n) is 4.24. The highest BCUT2D eigenvalue weighted by Gasteiger charge is 2.50. The topological polar surface area (TPSA) is 12.0 Å². The van der Waals surface area contributed by atoms with Gasteiger partial charge in [-0.1, -0.05) is 6.42 Å². The van der Waals surface area contributed by atoms with Crippen LogP contribution in [-0.2, 0) is 0 Å². The van der Waals surface area contributed by atoms with Crippen LogP contribution >= 0.6 is 0 Å². The zero-order valence-corrected chi connectivity index (χ0v) is 6.20. The van der Waals surface area contributed by atoms with Crippen LogP contribution in [0.5, 0.6) is 0 Å². The molecule has 0 spiro atoms. The second-order valence-electron chi connectivity index (χ2n) is 3.54. The van der Waals surface area contributed by atoms with Gasteiger partial charge < -0.3 is 5.32 Å². The van der Waals surface area contributed by atoms with Crippen LogP contribution in [0.2, 0.25) is 0 Å². The van der Waals surface area contributed by atoms with Gasteiger partial charge in [0.15, 0.2) is 0 Å². The summed E-state index contributed by atoms with van der Waals surface area (Å²) in [5, 5.41) is 3.25. The molecule has 0 amide bonds. The molecule has 1 N–H and O–H groups in total. The minimum absolute atomic E-state index is 0.196. The summed E-state index contributed by atoms with van der Waals surface area (Å²) in [5.41, 5.74) is -0.791. The van der Waals surface area contributed by atoms with Gasteiger partial charge >= 0.3 is 0 Å². The van der Waals surface area contributed by atoms with Crippen molar-refractivity contribution in [1.82, 2.24) is 5.32 Å². The SMILES string of the molecule is FC1(C2CCCCN2)CC1. The van der Waals surface area contributed by atoms with Gasteiger partial charge in [-0.05, 0) is 32.2 Å². The number of nitrogens with one attached hydrogen (secondary N) is 1. The lowest BCUT2D eigenvalue weighted by molar-refractivity contribution is 0.196. The highest BCUT2D eigenvalue weighted by atomic mass is 19.1. The van der Waals surface area contributed by atoms with Crippen molar-refractivity contribution >= 4 is 0 Å². The van der Waals surface area contributed by atoms with Crippen LogP contribution in [0.25, 0.3) is 0 Å². The maximum absolute atomic E-state index is 13.3. The first-order chi connectivity index (χ1) is 4.81. The Kier molecular flexibility index (Phi) is 1.44. The molecule has 0 aromatic heterocycles. The fourth-order valence-electron chi connectivity index (χ4n) is 1.76. The summed E-state index contributed by atoms with van der Waals surface area (Å²) < 4.78 is 13.3. The molecule has 2 fully saturated rings. The highest BCUT2D eigenvalue weighted by Crippen LogP contribution is 2.44. The van der Waals surface area contributed by atoms with Crippen LogP contribution in [0.1, 0.15) is 32.1 Å². The molecule has 2 rings (SSSR count). The van der Waals surface area contributed by atoms with Gasteiger partial charge in [-0.15, -0.1) is 0 Å². The summed E-state index contributed by atoms with van der Waals surface area (Å²) >= 11 is 0. The van der Waals surface area contributed by atoms with E-state index in [1.165, 1.54) is 12.8 Å². The summed E-state index contributed by atoms with van der Waals surface area (Å²) in [5.74, 6) is 0. The van der Waals surface area contributed by atoms with E-state index in [1.807, 2.05) is 0 Å². The van der Waals surface area contributed by atoms with Crippen LogP contribution < -0.4 is 5.32 Å². The Balaban J connectivity index is 1.91. The molecule has 1 saturated carbocycles. The number of rotatable bonds is 1. The molecule has 0 radical (unpaired) electrons. The number of hydrogen-bond acceptors (Lipinski definition) is 1. The van der Waals surface area contributed by atoms with Crippen LogP contribution in [0.3, 0.4) is 0 Å². The van der Waals surface area contributed by atoms with E-state index in [2.05, 4.69) is 5.32 Å². The van der Waals surface area contributed by atoms with E-state index in [0.29, 0.717) is 0 Å². The normalized spacial score (nSPS) is 37.5. The zero-order chi connectivity index (χ0) is 7.03. The first-order valence-corrected chi connectivity index (χ1v) is 4.24. The molecule has 1 atom stereocenters. The maximum Gasteiger partial charge on any atom is 0.126 e. The molecule has 1 heterocycles. The van der Waals surface area contributed by atoms with E-state index >= 15 is 0 Å². The number of alkyl halides is 1. The van der Waals surface area contributed by atoms with Gasteiger partial charge in [-0.25, -0.2) is 4.39 Å². The molecular formula is C8H14FN. The summed E-state index contributed by atoms with van der Waals surface area (Å²) in [6.07, 6.45) is 5.09. The third-order valence-corrected chi connectivity index (χ3v) is 2.66. The average Bonchev–Trinajstić information content (AvgIpc) is 2.72. The van der Waals surface area contributed by atoms with Gasteiger partial charge in [0.1, 0.15) is 5.67 Å². The quantitative estimate of drug-likeness (QED) is 0.588. The third kappa shape index (κ3) is 1.05. The second-order valence-corrected chi connectivity index (χ2v) is 3.54. The molecule has 2 aliphatic rings. The Bertz CT molecular complexity index is 125. The minimum Gasteiger partial charge on any atom is -0.311 e. The highest BCUT2D eigenvalue weighted by molar-refractivity contribution is 5.04. The van der Waals surface area contributed by atoms with Gasteiger partial charge in [0, 0.05) is 6.04 Å². The fourth-order valence-corrected chi connectivity index (χ4v) is 1.76. The molecule has 2 heteroatoms. The predicted molar refractivity (Wildman–Crippen MR) is 38.7 cm³/mol. The Morgan fingerprint density at radius 3 is 2.60 bits per heavy atom. The third-order valence-electron chi connectivity index (χ3n) is 2.66. The smallest absolute Gasteiger partial charge is 0.126 e. The van der Waals surface area contributed by atoms with Crippen molar-refractivity contribution in [3.8, 4) is 0 Å². The van der Waals surface area contributed by atoms with Crippen LogP contribution in [0.15, 0.2) is 0 Å². The minimum atomic E-state index is -0.791. The Hall–Kier alpha value is -0.110. The molecule has 0 bridgehead atoms. The van der Waals surface area contributed by atoms with Gasteiger partial charge in [0.2, 0.25) is 0 Å². The van der Waals surface area contributed by atoms with Crippen LogP contribution in [-0.4, -0.2) is 18.3 Å². The predicted octanol–water partition coefficient (Wildman–Crippen LogP) is 1.63.